The van der Waals surface area contributed by atoms with Gasteiger partial charge < -0.3 is 44.9 Å². The number of imidazole rings is 4. The number of nitrogens with one attached hydrogen (secondary N) is 3. The predicted octanol–water partition coefficient (Wildman–Crippen LogP) is 13.2. The van der Waals surface area contributed by atoms with Gasteiger partial charge in [0.15, 0.2) is 17.4 Å². The van der Waals surface area contributed by atoms with Crippen LogP contribution in [0.2, 0.25) is 0 Å². The number of amides is 4. The lowest BCUT2D eigenvalue weighted by atomic mass is 9.97. The van der Waals surface area contributed by atoms with Crippen LogP contribution in [-0.4, -0.2) is 138 Å². The van der Waals surface area contributed by atoms with E-state index in [1.807, 2.05) is 52.0 Å². The Hall–Kier alpha value is -13.7. The maximum atomic E-state index is 14.5. The van der Waals surface area contributed by atoms with E-state index in [0.29, 0.717) is 67.1 Å². The number of carbonyl (C=O) groups is 6. The van der Waals surface area contributed by atoms with Gasteiger partial charge in [-0.2, -0.15) is 36.1 Å². The molecule has 31 heteroatoms. The minimum atomic E-state index is -4.59. The summed E-state index contributed by atoms with van der Waals surface area (Å²) in [5.41, 5.74) is 12.9. The lowest BCUT2D eigenvalue weighted by Crippen LogP contribution is -2.28. The number of anilines is 1. The maximum Gasteiger partial charge on any atom is 0.416 e. The first-order valence-electron chi connectivity index (χ1n) is 37.1. The number of hydrogen-bond acceptors (Lipinski definition) is 15. The number of benzene rings is 6. The van der Waals surface area contributed by atoms with Crippen molar-refractivity contribution in [2.75, 3.05) is 39.5 Å². The number of aromatic nitrogens is 11. The Morgan fingerprint density at radius 1 is 0.619 bits per heavy atom. The van der Waals surface area contributed by atoms with Crippen LogP contribution in [0, 0.1) is 62.1 Å². The summed E-state index contributed by atoms with van der Waals surface area (Å²) >= 11 is 1.31. The molecule has 7 heterocycles. The molecule has 4 amide bonds. The molecule has 1 aliphatic carbocycles. The number of carbonyl (C=O) groups excluding carboxylic acids is 6. The molecule has 6 aromatic heterocycles. The lowest BCUT2D eigenvalue weighted by molar-refractivity contribution is -0.138. The van der Waals surface area contributed by atoms with Crippen molar-refractivity contribution in [1.29, 1.82) is 0 Å². The summed E-state index contributed by atoms with van der Waals surface area (Å²) in [6.07, 6.45) is 11.9. The van der Waals surface area contributed by atoms with Gasteiger partial charge in [-0.15, -0.1) is 11.3 Å². The van der Waals surface area contributed by atoms with Gasteiger partial charge in [-0.25, -0.2) is 34.1 Å². The highest BCUT2D eigenvalue weighted by Crippen LogP contribution is 2.35. The van der Waals surface area contributed by atoms with Crippen LogP contribution in [0.1, 0.15) is 156 Å². The molecule has 23 nitrogen and oxygen atoms in total. The summed E-state index contributed by atoms with van der Waals surface area (Å²) in [6, 6.07) is 26.6. The molecule has 0 unspecified atom stereocenters. The van der Waals surface area contributed by atoms with E-state index in [1.54, 1.807) is 100 Å². The molecule has 1 aliphatic heterocycles. The molecular weight excluding hydrogens is 1540 g/mol. The summed E-state index contributed by atoms with van der Waals surface area (Å²) in [5.74, 6) is 16.6. The van der Waals surface area contributed by atoms with Gasteiger partial charge in [-0.3, -0.25) is 28.9 Å². The Labute approximate surface area is 678 Å². The molecule has 1 saturated heterocycles. The molecule has 602 valence electrons. The van der Waals surface area contributed by atoms with E-state index in [0.717, 1.165) is 89.4 Å². The van der Waals surface area contributed by atoms with E-state index in [2.05, 4.69) is 86.4 Å². The summed E-state index contributed by atoms with van der Waals surface area (Å²) in [5, 5.41) is 12.7. The summed E-state index contributed by atoms with van der Waals surface area (Å²) in [7, 11) is 6.89. The predicted molar refractivity (Wildman–Crippen MR) is 429 cm³/mol. The minimum absolute atomic E-state index is 0.0787. The van der Waals surface area contributed by atoms with Crippen molar-refractivity contribution in [2.24, 2.45) is 12.8 Å². The fourth-order valence-electron chi connectivity index (χ4n) is 12.5. The molecule has 5 N–H and O–H groups in total. The van der Waals surface area contributed by atoms with Crippen LogP contribution >= 0.6 is 11.3 Å². The van der Waals surface area contributed by atoms with E-state index in [4.69, 9.17) is 5.73 Å². The van der Waals surface area contributed by atoms with Crippen molar-refractivity contribution < 1.29 is 59.5 Å². The van der Waals surface area contributed by atoms with E-state index < -0.39 is 47.1 Å². The highest BCUT2D eigenvalue weighted by atomic mass is 32.1. The number of primary amides is 1. The SMILES string of the molecule is CNC(=O)n1cc(C#Cc2cc(C(=O)Cc3cc(-n4ccnc4)cc(C(F)(F)F)c3)ccc2C)cn1.Cc1ccc(C(=O)Cc2cc(-n3ccnc3CN(C)C)cc(C(F)(F)F)c2)cc1C#Cc1cnc(C(=O)NC2CC2)n1C.Cc1ccc(NC(=O)c2cc(F)cc(-n3cnc(CN4CCCC4)c3)c2)cc1C#Cc1cnc(CC(N)=O)s1. The first-order valence-corrected chi connectivity index (χ1v) is 37.9. The molecular formula is C87H78F7N17O6S. The summed E-state index contributed by atoms with van der Waals surface area (Å²) < 4.78 is 104. The number of halogens is 7. The first-order chi connectivity index (χ1) is 56.3. The van der Waals surface area contributed by atoms with Crippen molar-refractivity contribution >= 4 is 52.3 Å². The largest absolute Gasteiger partial charge is 0.416 e. The fourth-order valence-corrected chi connectivity index (χ4v) is 13.2. The van der Waals surface area contributed by atoms with E-state index in [-0.39, 0.29) is 76.7 Å². The molecule has 0 atom stereocenters. The Morgan fingerprint density at radius 2 is 1.25 bits per heavy atom. The number of Topliss-reactive ketones (excluding diaryl/α,β-unsaturated/α-hetero) is 2. The number of alkyl halides is 6. The van der Waals surface area contributed by atoms with Crippen LogP contribution in [0.4, 0.5) is 41.2 Å². The van der Waals surface area contributed by atoms with Gasteiger partial charge in [-0.05, 0) is 192 Å². The van der Waals surface area contributed by atoms with Crippen molar-refractivity contribution in [2.45, 2.75) is 97.2 Å². The number of aryl methyl sites for hydroxylation is 3. The van der Waals surface area contributed by atoms with Crippen LogP contribution in [-0.2, 0) is 56.5 Å². The quantitative estimate of drug-likeness (QED) is 0.0333. The van der Waals surface area contributed by atoms with Gasteiger partial charge in [0.2, 0.25) is 5.91 Å². The van der Waals surface area contributed by atoms with E-state index >= 15 is 0 Å². The van der Waals surface area contributed by atoms with Gasteiger partial charge in [-0.1, -0.05) is 54.0 Å². The molecule has 0 bridgehead atoms. The number of likely N-dealkylation sites (tertiary alicyclic amines) is 1. The second-order valence-corrected chi connectivity index (χ2v) is 29.5. The average molecular weight is 1620 g/mol. The zero-order valence-electron chi connectivity index (χ0n) is 65.0. The molecule has 2 fully saturated rings. The standard InChI is InChI=1S/C32H31F3N6O2.C29H27FN6O2S.C26H20F3N5O2/c1-20-5-6-23(16-22(20)7-10-26-18-37-30(40(26)4)31(43)38-25-8-9-25)28(42)15-21-13-24(32(33,34)35)17-27(14-21)41-12-11-36-29(41)19-39(2)3;1-19-4-6-23(11-20(19)5-7-26-15-32-28(39-26)14-27(31)37)34-29(38)21-10-22(30)13-25(12-21)36-17-24(33-18-36)16-35-8-2-3-9-35;1-17-3-5-21(12-20(17)6-4-18-14-32-34(15-18)25(36)30-2)24(35)11-19-9-22(26(27,28)29)13-23(10-19)33-8-7-31-16-33/h5-6,11-14,16-18,25H,8-9,15,19H2,1-4H3,(H,38,43);4,6,10-13,15,17-18H,2-3,8-9,14,16H2,1H3,(H2,31,37)(H,34,38);3,5,7-10,12-16H,11H2,1-2H3,(H,30,36). The molecule has 12 aromatic rings. The van der Waals surface area contributed by atoms with Gasteiger partial charge >= 0.3 is 18.4 Å². The minimum Gasteiger partial charge on any atom is -0.369 e. The van der Waals surface area contributed by atoms with Gasteiger partial charge in [0.05, 0.1) is 83.4 Å². The van der Waals surface area contributed by atoms with Crippen molar-refractivity contribution in [3.63, 3.8) is 0 Å². The van der Waals surface area contributed by atoms with Crippen LogP contribution in [0.3, 0.4) is 0 Å². The Balaban J connectivity index is 0.000000163. The fraction of sp³-hybridized carbons (Fsp3) is 0.241. The highest BCUT2D eigenvalue weighted by molar-refractivity contribution is 7.12. The molecule has 0 radical (unpaired) electrons. The van der Waals surface area contributed by atoms with Gasteiger partial charge in [0, 0.05) is 121 Å². The lowest BCUT2D eigenvalue weighted by Gasteiger charge is -2.16. The highest BCUT2D eigenvalue weighted by Gasteiger charge is 2.34. The van der Waals surface area contributed by atoms with E-state index in [1.165, 1.54) is 97.5 Å². The number of nitrogens with two attached hydrogens (primary N) is 1. The average Bonchev–Trinajstić information content (AvgIpc) is 1.31. The van der Waals surface area contributed by atoms with Crippen LogP contribution in [0.15, 0.2) is 178 Å². The van der Waals surface area contributed by atoms with E-state index in [9.17, 15) is 59.5 Å². The first kappa shape index (κ1) is 83.7. The molecule has 2 aliphatic rings. The molecule has 14 rings (SSSR count). The third kappa shape index (κ3) is 22.2. The van der Waals surface area contributed by atoms with Crippen LogP contribution in [0.25, 0.3) is 17.1 Å². The number of rotatable bonds is 19. The Morgan fingerprint density at radius 3 is 1.87 bits per heavy atom. The van der Waals surface area contributed by atoms with Crippen molar-refractivity contribution in [3.8, 4) is 52.6 Å². The summed E-state index contributed by atoms with van der Waals surface area (Å²) in [4.78, 5) is 100. The Bertz CT molecular complexity index is 5980. The van der Waals surface area contributed by atoms with Crippen molar-refractivity contribution in [3.05, 3.63) is 294 Å². The number of thiazole rings is 1. The number of hydrogen-bond donors (Lipinski definition) is 4. The third-order valence-corrected chi connectivity index (χ3v) is 19.8. The topological polar surface area (TPSA) is 273 Å². The number of nitrogens with zero attached hydrogens (tertiary/aromatic N) is 13. The normalized spacial score (nSPS) is 12.5. The van der Waals surface area contributed by atoms with Crippen molar-refractivity contribution in [1.82, 2.24) is 73.4 Å². The second kappa shape index (κ2) is 36.9. The van der Waals surface area contributed by atoms with Gasteiger partial charge in [0.1, 0.15) is 22.3 Å². The molecule has 1 saturated carbocycles. The van der Waals surface area contributed by atoms with Gasteiger partial charge in [0.25, 0.3) is 11.8 Å². The maximum absolute atomic E-state index is 14.5. The molecule has 0 spiro atoms. The third-order valence-electron chi connectivity index (χ3n) is 18.8. The van der Waals surface area contributed by atoms with Crippen LogP contribution < -0.4 is 21.7 Å². The second-order valence-electron chi connectivity index (χ2n) is 28.4. The van der Waals surface area contributed by atoms with Crippen LogP contribution in [0.5, 0.6) is 0 Å². The Kier molecular flexibility index (Phi) is 26.2. The summed E-state index contributed by atoms with van der Waals surface area (Å²) in [6.45, 7) is 8.91. The zero-order chi connectivity index (χ0) is 84.1. The molecule has 118 heavy (non-hydrogen) atoms. The smallest absolute Gasteiger partial charge is 0.369 e. The molecule has 6 aromatic carbocycles. The zero-order valence-corrected chi connectivity index (χ0v) is 65.8. The monoisotopic (exact) mass is 1620 g/mol. The number of ketones is 2.